The van der Waals surface area contributed by atoms with Crippen LogP contribution in [0.4, 0.5) is 0 Å². The molecule has 0 saturated heterocycles. The first-order valence-corrected chi connectivity index (χ1v) is 7.43. The van der Waals surface area contributed by atoms with Crippen LogP contribution in [0, 0.1) is 0 Å². The monoisotopic (exact) mass is 322 g/mol. The van der Waals surface area contributed by atoms with Gasteiger partial charge in [0.1, 0.15) is 5.58 Å². The topological polar surface area (TPSA) is 57.9 Å². The van der Waals surface area contributed by atoms with Gasteiger partial charge < -0.3 is 18.6 Å². The standard InChI is InChI=1S/C19H14O5/c1-21-17-8-12(9-18-19(17)23-11-22-18)6-7-14(20)16-10-13-4-2-3-5-15(13)24-16/h2-10H,11H2,1H3/b7-6+. The molecule has 4 rings (SSSR count). The lowest BCUT2D eigenvalue weighted by Gasteiger charge is -2.05. The highest BCUT2D eigenvalue weighted by atomic mass is 16.7. The van der Waals surface area contributed by atoms with Crippen molar-refractivity contribution >= 4 is 22.8 Å². The lowest BCUT2D eigenvalue weighted by Crippen LogP contribution is -1.93. The molecule has 120 valence electrons. The Kier molecular flexibility index (Phi) is 3.46. The van der Waals surface area contributed by atoms with Crippen LogP contribution in [0.25, 0.3) is 17.0 Å². The molecule has 0 amide bonds. The number of para-hydroxylation sites is 1. The van der Waals surface area contributed by atoms with Gasteiger partial charge in [0.2, 0.25) is 18.3 Å². The summed E-state index contributed by atoms with van der Waals surface area (Å²) >= 11 is 0. The van der Waals surface area contributed by atoms with Crippen LogP contribution in [0.1, 0.15) is 16.1 Å². The van der Waals surface area contributed by atoms with Gasteiger partial charge in [-0.25, -0.2) is 0 Å². The molecule has 1 aromatic heterocycles. The van der Waals surface area contributed by atoms with Crippen LogP contribution in [0.3, 0.4) is 0 Å². The molecule has 0 aliphatic carbocycles. The normalized spacial score (nSPS) is 12.9. The molecule has 24 heavy (non-hydrogen) atoms. The van der Waals surface area contributed by atoms with Gasteiger partial charge in [-0.3, -0.25) is 4.79 Å². The van der Waals surface area contributed by atoms with Crippen molar-refractivity contribution in [3.8, 4) is 17.2 Å². The van der Waals surface area contributed by atoms with Gasteiger partial charge in [0.15, 0.2) is 17.3 Å². The highest BCUT2D eigenvalue weighted by molar-refractivity contribution is 6.07. The molecule has 0 bridgehead atoms. The minimum absolute atomic E-state index is 0.163. The molecule has 0 saturated carbocycles. The molecule has 0 unspecified atom stereocenters. The van der Waals surface area contributed by atoms with Crippen LogP contribution in [0.2, 0.25) is 0 Å². The number of rotatable bonds is 4. The summed E-state index contributed by atoms with van der Waals surface area (Å²) in [5, 5.41) is 0.902. The summed E-state index contributed by atoms with van der Waals surface area (Å²) in [6.45, 7) is 0.163. The first-order chi connectivity index (χ1) is 11.7. The molecular formula is C19H14O5. The number of hydrogen-bond donors (Lipinski definition) is 0. The van der Waals surface area contributed by atoms with Crippen LogP contribution in [-0.2, 0) is 0 Å². The lowest BCUT2D eigenvalue weighted by atomic mass is 10.1. The third-order valence-corrected chi connectivity index (χ3v) is 3.78. The zero-order chi connectivity index (χ0) is 16.5. The van der Waals surface area contributed by atoms with E-state index in [9.17, 15) is 4.79 Å². The fraction of sp³-hybridized carbons (Fsp3) is 0.105. The molecule has 0 N–H and O–H groups in total. The quantitative estimate of drug-likeness (QED) is 0.535. The van der Waals surface area contributed by atoms with E-state index < -0.39 is 0 Å². The van der Waals surface area contributed by atoms with Gasteiger partial charge in [-0.15, -0.1) is 0 Å². The maximum absolute atomic E-state index is 12.3. The van der Waals surface area contributed by atoms with Crippen molar-refractivity contribution in [1.29, 1.82) is 0 Å². The summed E-state index contributed by atoms with van der Waals surface area (Å²) < 4.78 is 21.6. The predicted octanol–water partition coefficient (Wildman–Crippen LogP) is 4.07. The summed E-state index contributed by atoms with van der Waals surface area (Å²) in [5.74, 6) is 1.85. The number of carbonyl (C=O) groups excluding carboxylic acids is 1. The zero-order valence-electron chi connectivity index (χ0n) is 12.9. The molecule has 3 aromatic rings. The Morgan fingerprint density at radius 1 is 1.17 bits per heavy atom. The second-order valence-corrected chi connectivity index (χ2v) is 5.30. The van der Waals surface area contributed by atoms with E-state index in [-0.39, 0.29) is 12.6 Å². The van der Waals surface area contributed by atoms with E-state index in [2.05, 4.69) is 0 Å². The van der Waals surface area contributed by atoms with Crippen molar-refractivity contribution in [1.82, 2.24) is 0 Å². The maximum Gasteiger partial charge on any atom is 0.231 e. The van der Waals surface area contributed by atoms with Crippen LogP contribution in [0.5, 0.6) is 17.2 Å². The van der Waals surface area contributed by atoms with E-state index >= 15 is 0 Å². The zero-order valence-corrected chi connectivity index (χ0v) is 12.9. The van der Waals surface area contributed by atoms with Crippen molar-refractivity contribution in [2.45, 2.75) is 0 Å². The SMILES string of the molecule is COc1cc(/C=C/C(=O)c2cc3ccccc3o2)cc2c1OCO2. The molecule has 5 nitrogen and oxygen atoms in total. The maximum atomic E-state index is 12.3. The van der Waals surface area contributed by atoms with Gasteiger partial charge in [0.05, 0.1) is 7.11 Å². The Bertz CT molecular complexity index is 919. The fourth-order valence-electron chi connectivity index (χ4n) is 2.60. The van der Waals surface area contributed by atoms with E-state index in [1.165, 1.54) is 6.08 Å². The Hall–Kier alpha value is -3.21. The number of ether oxygens (including phenoxy) is 3. The summed E-state index contributed by atoms with van der Waals surface area (Å²) in [7, 11) is 1.56. The molecular weight excluding hydrogens is 308 g/mol. The molecule has 1 aliphatic heterocycles. The number of ketones is 1. The fourth-order valence-corrected chi connectivity index (χ4v) is 2.60. The number of furan rings is 1. The van der Waals surface area contributed by atoms with Gasteiger partial charge in [0, 0.05) is 5.39 Å². The van der Waals surface area contributed by atoms with E-state index in [0.717, 1.165) is 10.9 Å². The largest absolute Gasteiger partial charge is 0.493 e. The highest BCUT2D eigenvalue weighted by Gasteiger charge is 2.19. The Balaban J connectivity index is 1.61. The summed E-state index contributed by atoms with van der Waals surface area (Å²) in [6, 6.07) is 12.8. The minimum atomic E-state index is -0.206. The summed E-state index contributed by atoms with van der Waals surface area (Å²) in [4.78, 5) is 12.3. The second kappa shape index (κ2) is 5.77. The van der Waals surface area contributed by atoms with Crippen molar-refractivity contribution in [2.75, 3.05) is 13.9 Å². The molecule has 2 heterocycles. The first-order valence-electron chi connectivity index (χ1n) is 7.43. The van der Waals surface area contributed by atoms with E-state index in [1.54, 1.807) is 31.4 Å². The van der Waals surface area contributed by atoms with E-state index in [1.807, 2.05) is 24.3 Å². The van der Waals surface area contributed by atoms with Crippen molar-refractivity contribution < 1.29 is 23.4 Å². The van der Waals surface area contributed by atoms with Crippen LogP contribution in [0.15, 0.2) is 53.0 Å². The molecule has 0 spiro atoms. The molecule has 1 aliphatic rings. The van der Waals surface area contributed by atoms with Gasteiger partial charge >= 0.3 is 0 Å². The van der Waals surface area contributed by atoms with Gasteiger partial charge in [-0.2, -0.15) is 0 Å². The molecule has 0 fully saturated rings. The molecule has 0 atom stereocenters. The van der Waals surface area contributed by atoms with Gasteiger partial charge in [-0.1, -0.05) is 24.3 Å². The number of fused-ring (bicyclic) bond motifs is 2. The third kappa shape index (κ3) is 2.50. The molecule has 0 radical (unpaired) electrons. The average Bonchev–Trinajstić information content (AvgIpc) is 3.25. The summed E-state index contributed by atoms with van der Waals surface area (Å²) in [5.41, 5.74) is 1.47. The van der Waals surface area contributed by atoms with Crippen molar-refractivity contribution in [3.63, 3.8) is 0 Å². The second-order valence-electron chi connectivity index (χ2n) is 5.30. The average molecular weight is 322 g/mol. The van der Waals surface area contributed by atoms with Crippen LogP contribution < -0.4 is 14.2 Å². The summed E-state index contributed by atoms with van der Waals surface area (Å²) in [6.07, 6.45) is 3.16. The molecule has 2 aromatic carbocycles. The van der Waals surface area contributed by atoms with Crippen molar-refractivity contribution in [2.24, 2.45) is 0 Å². The highest BCUT2D eigenvalue weighted by Crippen LogP contribution is 2.42. The lowest BCUT2D eigenvalue weighted by molar-refractivity contribution is 0.102. The van der Waals surface area contributed by atoms with Gasteiger partial charge in [0.25, 0.3) is 0 Å². The first kappa shape index (κ1) is 14.4. The number of methoxy groups -OCH3 is 1. The Morgan fingerprint density at radius 3 is 2.88 bits per heavy atom. The Labute approximate surface area is 138 Å². The minimum Gasteiger partial charge on any atom is -0.493 e. The van der Waals surface area contributed by atoms with Crippen molar-refractivity contribution in [3.05, 3.63) is 59.9 Å². The van der Waals surface area contributed by atoms with Gasteiger partial charge in [-0.05, 0) is 35.9 Å². The third-order valence-electron chi connectivity index (χ3n) is 3.78. The number of hydrogen-bond acceptors (Lipinski definition) is 5. The van der Waals surface area contributed by atoms with Crippen LogP contribution in [-0.4, -0.2) is 19.7 Å². The number of benzene rings is 2. The molecule has 5 heteroatoms. The smallest absolute Gasteiger partial charge is 0.231 e. The number of allylic oxidation sites excluding steroid dienone is 1. The predicted molar refractivity (Wildman–Crippen MR) is 88.7 cm³/mol. The number of carbonyl (C=O) groups is 1. The van der Waals surface area contributed by atoms with Crippen LogP contribution >= 0.6 is 0 Å². The van der Waals surface area contributed by atoms with E-state index in [0.29, 0.717) is 28.6 Å². The van der Waals surface area contributed by atoms with E-state index in [4.69, 9.17) is 18.6 Å². The Morgan fingerprint density at radius 2 is 2.04 bits per heavy atom.